The van der Waals surface area contributed by atoms with E-state index in [1.165, 1.54) is 25.3 Å². The fraction of sp³-hybridized carbons (Fsp3) is 0.200. The molecule has 6 heteroatoms. The molecule has 0 amide bonds. The zero-order valence-corrected chi connectivity index (χ0v) is 11.5. The van der Waals surface area contributed by atoms with Crippen molar-refractivity contribution in [2.45, 2.75) is 0 Å². The fourth-order valence-electron chi connectivity index (χ4n) is 1.72. The number of non-ortho nitro benzene ring substituents is 1. The highest BCUT2D eigenvalue weighted by Gasteiger charge is 2.12. The monoisotopic (exact) mass is 289 g/mol. The largest absolute Gasteiger partial charge is 0.493 e. The van der Waals surface area contributed by atoms with Crippen LogP contribution in [0.2, 0.25) is 0 Å². The maximum atomic E-state index is 10.8. The second kappa shape index (κ2) is 7.14. The molecule has 0 heterocycles. The number of nitro benzene ring substituents is 1. The molecule has 0 bridgehead atoms. The molecule has 0 unspecified atom stereocenters. The first kappa shape index (κ1) is 14.6. The Balaban J connectivity index is 1.92. The van der Waals surface area contributed by atoms with Crippen LogP contribution in [-0.4, -0.2) is 25.2 Å². The first-order valence-corrected chi connectivity index (χ1v) is 6.34. The zero-order chi connectivity index (χ0) is 15.1. The van der Waals surface area contributed by atoms with Gasteiger partial charge in [-0.25, -0.2) is 0 Å². The molecule has 0 saturated heterocycles. The minimum Gasteiger partial charge on any atom is -0.493 e. The molecule has 0 aromatic heterocycles. The summed E-state index contributed by atoms with van der Waals surface area (Å²) in [5, 5.41) is 10.8. The molecule has 0 radical (unpaired) electrons. The quantitative estimate of drug-likeness (QED) is 0.445. The van der Waals surface area contributed by atoms with Gasteiger partial charge in [-0.3, -0.25) is 10.1 Å². The molecular weight excluding hydrogens is 274 g/mol. The average Bonchev–Trinajstić information content (AvgIpc) is 2.52. The normalized spacial score (nSPS) is 9.95. The standard InChI is InChI=1S/C15H15NO5/c1-19-14-8-7-12(16(17)18)11-15(14)21-10-9-20-13-5-3-2-4-6-13/h2-8,11H,9-10H2,1H3. The van der Waals surface area contributed by atoms with Crippen LogP contribution < -0.4 is 14.2 Å². The van der Waals surface area contributed by atoms with Crippen molar-refractivity contribution in [2.75, 3.05) is 20.3 Å². The lowest BCUT2D eigenvalue weighted by atomic mass is 10.3. The van der Waals surface area contributed by atoms with Crippen LogP contribution in [0.1, 0.15) is 0 Å². The summed E-state index contributed by atoms with van der Waals surface area (Å²) in [5.74, 6) is 1.51. The number of para-hydroxylation sites is 1. The molecule has 110 valence electrons. The van der Waals surface area contributed by atoms with Gasteiger partial charge in [0, 0.05) is 6.07 Å². The minimum atomic E-state index is -0.479. The van der Waals surface area contributed by atoms with Crippen molar-refractivity contribution in [3.8, 4) is 17.2 Å². The summed E-state index contributed by atoms with van der Waals surface area (Å²) in [6.45, 7) is 0.586. The predicted molar refractivity (Wildman–Crippen MR) is 77.1 cm³/mol. The number of hydrogen-bond donors (Lipinski definition) is 0. The van der Waals surface area contributed by atoms with Crippen LogP contribution in [0.25, 0.3) is 0 Å². The van der Waals surface area contributed by atoms with Gasteiger partial charge in [-0.15, -0.1) is 0 Å². The van der Waals surface area contributed by atoms with Gasteiger partial charge in [-0.1, -0.05) is 18.2 Å². The van der Waals surface area contributed by atoms with Gasteiger partial charge >= 0.3 is 0 Å². The van der Waals surface area contributed by atoms with Crippen molar-refractivity contribution in [3.05, 3.63) is 58.6 Å². The van der Waals surface area contributed by atoms with Gasteiger partial charge in [0.2, 0.25) is 0 Å². The Hall–Kier alpha value is -2.76. The molecule has 0 aliphatic heterocycles. The van der Waals surface area contributed by atoms with E-state index in [0.29, 0.717) is 18.1 Å². The highest BCUT2D eigenvalue weighted by atomic mass is 16.6. The third kappa shape index (κ3) is 4.10. The van der Waals surface area contributed by atoms with Crippen LogP contribution in [0.4, 0.5) is 5.69 Å². The van der Waals surface area contributed by atoms with Crippen molar-refractivity contribution in [1.82, 2.24) is 0 Å². The zero-order valence-electron chi connectivity index (χ0n) is 11.5. The van der Waals surface area contributed by atoms with Gasteiger partial charge in [0.05, 0.1) is 18.1 Å². The molecular formula is C15H15NO5. The maximum Gasteiger partial charge on any atom is 0.273 e. The van der Waals surface area contributed by atoms with E-state index in [9.17, 15) is 10.1 Å². The first-order chi connectivity index (χ1) is 10.2. The van der Waals surface area contributed by atoms with Crippen molar-refractivity contribution < 1.29 is 19.1 Å². The number of rotatable bonds is 7. The Bertz CT molecular complexity index is 600. The molecule has 2 rings (SSSR count). The number of nitro groups is 1. The minimum absolute atomic E-state index is 0.0465. The summed E-state index contributed by atoms with van der Waals surface area (Å²) in [4.78, 5) is 10.3. The fourth-order valence-corrected chi connectivity index (χ4v) is 1.72. The van der Waals surface area contributed by atoms with E-state index in [0.717, 1.165) is 5.75 Å². The summed E-state index contributed by atoms with van der Waals surface area (Å²) >= 11 is 0. The second-order valence-corrected chi connectivity index (χ2v) is 4.10. The van der Waals surface area contributed by atoms with Crippen molar-refractivity contribution in [2.24, 2.45) is 0 Å². The molecule has 6 nitrogen and oxygen atoms in total. The number of hydrogen-bond acceptors (Lipinski definition) is 5. The molecule has 0 atom stereocenters. The summed E-state index contributed by atoms with van der Waals surface area (Å²) in [6, 6.07) is 13.5. The molecule has 0 spiro atoms. The van der Waals surface area contributed by atoms with Crippen molar-refractivity contribution >= 4 is 5.69 Å². The second-order valence-electron chi connectivity index (χ2n) is 4.10. The third-order valence-electron chi connectivity index (χ3n) is 2.71. The smallest absolute Gasteiger partial charge is 0.273 e. The lowest BCUT2D eigenvalue weighted by Crippen LogP contribution is -2.09. The SMILES string of the molecule is COc1ccc([N+](=O)[O-])cc1OCCOc1ccccc1. The Morgan fingerprint density at radius 3 is 2.38 bits per heavy atom. The first-order valence-electron chi connectivity index (χ1n) is 6.34. The molecule has 0 aliphatic rings. The highest BCUT2D eigenvalue weighted by molar-refractivity contribution is 5.48. The van der Waals surface area contributed by atoms with E-state index in [1.54, 1.807) is 0 Å². The highest BCUT2D eigenvalue weighted by Crippen LogP contribution is 2.31. The van der Waals surface area contributed by atoms with Crippen molar-refractivity contribution in [1.29, 1.82) is 0 Å². The van der Waals surface area contributed by atoms with Crippen molar-refractivity contribution in [3.63, 3.8) is 0 Å². The van der Waals surface area contributed by atoms with E-state index < -0.39 is 4.92 Å². The summed E-state index contributed by atoms with van der Waals surface area (Å²) in [6.07, 6.45) is 0. The lowest BCUT2D eigenvalue weighted by Gasteiger charge is -2.11. The number of nitrogens with zero attached hydrogens (tertiary/aromatic N) is 1. The van der Waals surface area contributed by atoms with Gasteiger partial charge in [0.1, 0.15) is 19.0 Å². The average molecular weight is 289 g/mol. The number of methoxy groups -OCH3 is 1. The van der Waals surface area contributed by atoms with Gasteiger partial charge in [0.15, 0.2) is 11.5 Å². The molecule has 0 fully saturated rings. The Labute approximate surface area is 122 Å². The molecule has 2 aromatic rings. The Morgan fingerprint density at radius 1 is 1.00 bits per heavy atom. The van der Waals surface area contributed by atoms with E-state index in [1.807, 2.05) is 30.3 Å². The van der Waals surface area contributed by atoms with E-state index in [2.05, 4.69) is 0 Å². The van der Waals surface area contributed by atoms with Crippen LogP contribution in [0.3, 0.4) is 0 Å². The lowest BCUT2D eigenvalue weighted by molar-refractivity contribution is -0.385. The summed E-state index contributed by atoms with van der Waals surface area (Å²) in [5.41, 5.74) is -0.0465. The summed E-state index contributed by atoms with van der Waals surface area (Å²) < 4.78 is 16.1. The van der Waals surface area contributed by atoms with Gasteiger partial charge in [0.25, 0.3) is 5.69 Å². The van der Waals surface area contributed by atoms with Crippen LogP contribution in [0.15, 0.2) is 48.5 Å². The molecule has 21 heavy (non-hydrogen) atoms. The van der Waals surface area contributed by atoms with Gasteiger partial charge in [-0.2, -0.15) is 0 Å². The van der Waals surface area contributed by atoms with Crippen LogP contribution >= 0.6 is 0 Å². The van der Waals surface area contributed by atoms with Crippen LogP contribution in [0, 0.1) is 10.1 Å². The van der Waals surface area contributed by atoms with E-state index >= 15 is 0 Å². The molecule has 0 N–H and O–H groups in total. The number of ether oxygens (including phenoxy) is 3. The van der Waals surface area contributed by atoms with Gasteiger partial charge in [-0.05, 0) is 18.2 Å². The third-order valence-corrected chi connectivity index (χ3v) is 2.71. The molecule has 0 aliphatic carbocycles. The summed E-state index contributed by atoms with van der Waals surface area (Å²) in [7, 11) is 1.48. The van der Waals surface area contributed by atoms with E-state index in [4.69, 9.17) is 14.2 Å². The predicted octanol–water partition coefficient (Wildman–Crippen LogP) is 3.06. The van der Waals surface area contributed by atoms with Crippen LogP contribution in [0.5, 0.6) is 17.2 Å². The topological polar surface area (TPSA) is 70.8 Å². The Morgan fingerprint density at radius 2 is 1.71 bits per heavy atom. The maximum absolute atomic E-state index is 10.8. The van der Waals surface area contributed by atoms with Gasteiger partial charge < -0.3 is 14.2 Å². The Kier molecular flexibility index (Phi) is 4.98. The molecule has 0 saturated carbocycles. The van der Waals surface area contributed by atoms with Crippen LogP contribution in [-0.2, 0) is 0 Å². The van der Waals surface area contributed by atoms with E-state index in [-0.39, 0.29) is 12.3 Å². The molecule has 2 aromatic carbocycles. The number of benzene rings is 2.